The number of thiophene rings is 1. The summed E-state index contributed by atoms with van der Waals surface area (Å²) in [5.74, 6) is -1.12. The van der Waals surface area contributed by atoms with Crippen LogP contribution in [-0.2, 0) is 40.6 Å². The number of rotatable bonds is 7. The van der Waals surface area contributed by atoms with E-state index in [0.717, 1.165) is 64.7 Å². The van der Waals surface area contributed by atoms with E-state index in [-0.39, 0.29) is 26.4 Å². The van der Waals surface area contributed by atoms with Crippen LogP contribution in [-0.4, -0.2) is 18.9 Å². The molecule has 0 saturated carbocycles. The largest absolute Gasteiger partial charge is 0.340 e. The van der Waals surface area contributed by atoms with Crippen LogP contribution in [0.15, 0.2) is 40.6 Å². The van der Waals surface area contributed by atoms with Crippen molar-refractivity contribution >= 4 is 84.6 Å². The fraction of sp³-hybridized carbons (Fsp3) is 0.269. The molecule has 0 aliphatic heterocycles. The van der Waals surface area contributed by atoms with Gasteiger partial charge in [-0.3, -0.25) is 4.79 Å². The van der Waals surface area contributed by atoms with Gasteiger partial charge in [0, 0.05) is 34.1 Å². The van der Waals surface area contributed by atoms with Gasteiger partial charge < -0.3 is 4.57 Å². The number of hydrogen-bond donors (Lipinski definition) is 1. The lowest BCUT2D eigenvalue weighted by atomic mass is 9.94. The molecule has 0 atom stereocenters. The summed E-state index contributed by atoms with van der Waals surface area (Å²) in [5.41, 5.74) is 4.55. The summed E-state index contributed by atoms with van der Waals surface area (Å²) in [7, 11) is -4.13. The molecule has 0 unspecified atom stereocenters. The van der Waals surface area contributed by atoms with Crippen LogP contribution in [0.2, 0.25) is 19.4 Å². The lowest BCUT2D eigenvalue weighted by Crippen LogP contribution is -2.30. The summed E-state index contributed by atoms with van der Waals surface area (Å²) in [5, 5.41) is 1.98. The Labute approximate surface area is 243 Å². The minimum Gasteiger partial charge on any atom is -0.340 e. The number of sulfonamides is 1. The van der Waals surface area contributed by atoms with Crippen molar-refractivity contribution in [3.05, 3.63) is 84.0 Å². The van der Waals surface area contributed by atoms with Crippen molar-refractivity contribution in [3.63, 3.8) is 0 Å². The van der Waals surface area contributed by atoms with Crippen molar-refractivity contribution < 1.29 is 17.6 Å². The van der Waals surface area contributed by atoms with Crippen LogP contribution < -0.4 is 4.72 Å². The Hall–Kier alpha value is -1.81. The van der Waals surface area contributed by atoms with Gasteiger partial charge in [0.05, 0.1) is 10.5 Å². The third-order valence-corrected chi connectivity index (χ3v) is 10.9. The molecule has 1 aliphatic carbocycles. The number of aryl methyl sites for hydroxylation is 2. The van der Waals surface area contributed by atoms with Gasteiger partial charge in [-0.05, 0) is 79.1 Å². The molecule has 5 rings (SSSR count). The number of nitrogens with zero attached hydrogens (tertiary/aromatic N) is 1. The topological polar surface area (TPSA) is 68.2 Å². The van der Waals surface area contributed by atoms with Gasteiger partial charge in [0.15, 0.2) is 0 Å². The molecule has 1 amide bonds. The molecular weight excluding hydrogens is 613 g/mol. The SMILES string of the molecule is O=C(CCc1cc(F)cc2c3c(n(Cc4ccc(Cl)cc4Cl)c12)CCCC3)NS(=O)(=O)c1cc(Cl)c(Cl)s1. The molecule has 1 aliphatic rings. The van der Waals surface area contributed by atoms with E-state index in [4.69, 9.17) is 46.4 Å². The molecule has 200 valence electrons. The predicted molar refractivity (Wildman–Crippen MR) is 152 cm³/mol. The zero-order valence-electron chi connectivity index (χ0n) is 19.8. The fourth-order valence-corrected chi connectivity index (χ4v) is 8.32. The Balaban J connectivity index is 1.48. The fourth-order valence-electron chi connectivity index (χ4n) is 4.96. The maximum absolute atomic E-state index is 14.8. The first-order valence-corrected chi connectivity index (χ1v) is 15.6. The molecule has 5 nitrogen and oxygen atoms in total. The van der Waals surface area contributed by atoms with Crippen LogP contribution in [0.3, 0.4) is 0 Å². The van der Waals surface area contributed by atoms with Crippen molar-refractivity contribution in [2.75, 3.05) is 0 Å². The quantitative estimate of drug-likeness (QED) is 0.226. The molecule has 2 aromatic carbocycles. The standard InChI is InChI=1S/C26H21Cl4FN2O3S2/c27-16-7-5-15(20(28)10-16)13-33-22-4-2-1-3-18(22)19-11-17(31)9-14(25(19)33)6-8-23(34)32-38(35,36)24-12-21(29)26(30)37-24/h5,7,9-12H,1-4,6,8,13H2,(H,32,34). The zero-order valence-corrected chi connectivity index (χ0v) is 24.4. The van der Waals surface area contributed by atoms with E-state index in [0.29, 0.717) is 22.2 Å². The Morgan fingerprint density at radius 2 is 1.76 bits per heavy atom. The molecule has 0 spiro atoms. The minimum atomic E-state index is -4.13. The van der Waals surface area contributed by atoms with Gasteiger partial charge in [-0.1, -0.05) is 52.5 Å². The number of nitrogens with one attached hydrogen (secondary N) is 1. The van der Waals surface area contributed by atoms with Crippen LogP contribution in [0, 0.1) is 5.82 Å². The Bertz CT molecular complexity index is 1660. The van der Waals surface area contributed by atoms with Crippen molar-refractivity contribution in [2.45, 2.75) is 49.3 Å². The summed E-state index contributed by atoms with van der Waals surface area (Å²) in [6.07, 6.45) is 3.69. The van der Waals surface area contributed by atoms with Crippen LogP contribution in [0.25, 0.3) is 10.9 Å². The molecule has 12 heteroatoms. The number of benzene rings is 2. The van der Waals surface area contributed by atoms with Gasteiger partial charge in [0.1, 0.15) is 14.4 Å². The molecular formula is C26H21Cl4FN2O3S2. The van der Waals surface area contributed by atoms with E-state index < -0.39 is 21.7 Å². The number of halogens is 5. The molecule has 0 radical (unpaired) electrons. The van der Waals surface area contributed by atoms with Crippen molar-refractivity contribution in [1.82, 2.24) is 9.29 Å². The van der Waals surface area contributed by atoms with Crippen LogP contribution in [0.4, 0.5) is 4.39 Å². The second kappa shape index (κ2) is 11.0. The van der Waals surface area contributed by atoms with E-state index in [2.05, 4.69) is 9.29 Å². The van der Waals surface area contributed by atoms with Gasteiger partial charge in [-0.2, -0.15) is 0 Å². The van der Waals surface area contributed by atoms with Gasteiger partial charge in [-0.25, -0.2) is 17.5 Å². The normalized spacial score (nSPS) is 13.6. The van der Waals surface area contributed by atoms with Gasteiger partial charge in [-0.15, -0.1) is 11.3 Å². The highest BCUT2D eigenvalue weighted by Gasteiger charge is 2.25. The molecule has 0 fully saturated rings. The van der Waals surface area contributed by atoms with E-state index >= 15 is 0 Å². The number of aromatic nitrogens is 1. The van der Waals surface area contributed by atoms with Crippen molar-refractivity contribution in [3.8, 4) is 0 Å². The molecule has 0 bridgehead atoms. The van der Waals surface area contributed by atoms with Crippen molar-refractivity contribution in [2.24, 2.45) is 0 Å². The highest BCUT2D eigenvalue weighted by molar-refractivity contribution is 7.92. The average molecular weight is 634 g/mol. The van der Waals surface area contributed by atoms with E-state index in [1.54, 1.807) is 12.1 Å². The third-order valence-electron chi connectivity index (χ3n) is 6.61. The summed E-state index contributed by atoms with van der Waals surface area (Å²) in [6.45, 7) is 0.459. The summed E-state index contributed by atoms with van der Waals surface area (Å²) in [6, 6.07) is 9.48. The number of carbonyl (C=O) groups excluding carboxylic acids is 1. The van der Waals surface area contributed by atoms with Crippen LogP contribution in [0.1, 0.15) is 41.6 Å². The van der Waals surface area contributed by atoms with Gasteiger partial charge in [0.2, 0.25) is 5.91 Å². The number of amides is 1. The van der Waals surface area contributed by atoms with Gasteiger partial charge >= 0.3 is 0 Å². The smallest absolute Gasteiger partial charge is 0.273 e. The van der Waals surface area contributed by atoms with E-state index in [1.807, 2.05) is 6.07 Å². The Morgan fingerprint density at radius 3 is 2.47 bits per heavy atom. The van der Waals surface area contributed by atoms with Gasteiger partial charge in [0.25, 0.3) is 10.0 Å². The first-order chi connectivity index (χ1) is 18.0. The Kier molecular flexibility index (Phi) is 8.02. The average Bonchev–Trinajstić information content (AvgIpc) is 3.36. The monoisotopic (exact) mass is 632 g/mol. The van der Waals surface area contributed by atoms with Crippen LogP contribution >= 0.6 is 57.7 Å². The summed E-state index contributed by atoms with van der Waals surface area (Å²) >= 11 is 25.1. The first kappa shape index (κ1) is 27.7. The molecule has 0 saturated heterocycles. The summed E-state index contributed by atoms with van der Waals surface area (Å²) in [4.78, 5) is 12.7. The molecule has 38 heavy (non-hydrogen) atoms. The van der Waals surface area contributed by atoms with E-state index in [9.17, 15) is 17.6 Å². The molecule has 1 N–H and O–H groups in total. The minimum absolute atomic E-state index is 0.0946. The molecule has 2 aromatic heterocycles. The zero-order chi connectivity index (χ0) is 27.2. The maximum Gasteiger partial charge on any atom is 0.273 e. The number of hydrogen-bond acceptors (Lipinski definition) is 4. The molecule has 2 heterocycles. The van der Waals surface area contributed by atoms with Crippen molar-refractivity contribution in [1.29, 1.82) is 0 Å². The second-order valence-corrected chi connectivity index (χ2v) is 13.9. The predicted octanol–water partition coefficient (Wildman–Crippen LogP) is 7.82. The highest BCUT2D eigenvalue weighted by Crippen LogP contribution is 2.37. The molecule has 4 aromatic rings. The van der Waals surface area contributed by atoms with Crippen LogP contribution in [0.5, 0.6) is 0 Å². The second-order valence-electron chi connectivity index (χ2n) is 9.13. The number of carbonyl (C=O) groups is 1. The summed E-state index contributed by atoms with van der Waals surface area (Å²) < 4.78 is 44.2. The maximum atomic E-state index is 14.8. The lowest BCUT2D eigenvalue weighted by Gasteiger charge is -2.17. The highest BCUT2D eigenvalue weighted by atomic mass is 35.5. The first-order valence-electron chi connectivity index (χ1n) is 11.8. The lowest BCUT2D eigenvalue weighted by molar-refractivity contribution is -0.119. The van der Waals surface area contributed by atoms with E-state index in [1.165, 1.54) is 18.2 Å². The Morgan fingerprint density at radius 1 is 1.00 bits per heavy atom. The number of fused-ring (bicyclic) bond motifs is 3. The third kappa shape index (κ3) is 5.58.